The van der Waals surface area contributed by atoms with Crippen LogP contribution in [-0.4, -0.2) is 24.3 Å². The lowest BCUT2D eigenvalue weighted by Crippen LogP contribution is -2.42. The summed E-state index contributed by atoms with van der Waals surface area (Å²) in [5, 5.41) is 2.59. The van der Waals surface area contributed by atoms with Crippen LogP contribution in [0.3, 0.4) is 0 Å². The largest absolute Gasteiger partial charge is 0.324 e. The molecule has 0 aromatic heterocycles. The molecule has 0 spiro atoms. The monoisotopic (exact) mass is 332 g/mol. The zero-order chi connectivity index (χ0) is 14.2. The van der Waals surface area contributed by atoms with Crippen molar-refractivity contribution < 1.29 is 18.4 Å². The third-order valence-electron chi connectivity index (χ3n) is 2.71. The average molecular weight is 333 g/mol. The summed E-state index contributed by atoms with van der Waals surface area (Å²) >= 11 is 3.22. The fourth-order valence-corrected chi connectivity index (χ4v) is 2.18. The standard InChI is InChI=1S/C12H11BrF2N2O2/c1-12(14,15)11(19)17-5-4-10(18)16-8-3-2-7(13)6-9(8)17/h2-3,6H,4-5H2,1H3,(H,16,18). The number of carbonyl (C=O) groups is 2. The molecule has 19 heavy (non-hydrogen) atoms. The van der Waals surface area contributed by atoms with Crippen LogP contribution in [0.2, 0.25) is 0 Å². The fraction of sp³-hybridized carbons (Fsp3) is 0.333. The molecule has 1 N–H and O–H groups in total. The van der Waals surface area contributed by atoms with Crippen LogP contribution in [0.25, 0.3) is 0 Å². The van der Waals surface area contributed by atoms with E-state index in [-0.39, 0.29) is 24.6 Å². The number of hydrogen-bond donors (Lipinski definition) is 1. The Morgan fingerprint density at radius 1 is 1.47 bits per heavy atom. The number of fused-ring (bicyclic) bond motifs is 1. The SMILES string of the molecule is CC(F)(F)C(=O)N1CCC(=O)Nc2ccc(Br)cc21. The van der Waals surface area contributed by atoms with Crippen LogP contribution in [0.1, 0.15) is 13.3 Å². The van der Waals surface area contributed by atoms with E-state index in [1.165, 1.54) is 6.07 Å². The Bertz CT molecular complexity index is 543. The van der Waals surface area contributed by atoms with Gasteiger partial charge in [0.05, 0.1) is 11.4 Å². The second-order valence-corrected chi connectivity index (χ2v) is 5.22. The molecule has 2 amide bonds. The lowest BCUT2D eigenvalue weighted by atomic mass is 10.2. The Morgan fingerprint density at radius 3 is 2.79 bits per heavy atom. The van der Waals surface area contributed by atoms with Gasteiger partial charge in [0, 0.05) is 24.4 Å². The van der Waals surface area contributed by atoms with Crippen LogP contribution >= 0.6 is 15.9 Å². The second kappa shape index (κ2) is 4.88. The predicted octanol–water partition coefficient (Wildman–Crippen LogP) is 2.78. The second-order valence-electron chi connectivity index (χ2n) is 4.30. The Labute approximate surface area is 116 Å². The normalized spacial score (nSPS) is 15.6. The summed E-state index contributed by atoms with van der Waals surface area (Å²) in [6.07, 6.45) is -0.0197. The average Bonchev–Trinajstić information content (AvgIpc) is 2.45. The van der Waals surface area contributed by atoms with E-state index in [2.05, 4.69) is 21.2 Å². The van der Waals surface area contributed by atoms with Gasteiger partial charge in [-0.1, -0.05) is 15.9 Å². The number of carbonyl (C=O) groups excluding carboxylic acids is 2. The van der Waals surface area contributed by atoms with Gasteiger partial charge in [-0.3, -0.25) is 9.59 Å². The lowest BCUT2D eigenvalue weighted by Gasteiger charge is -2.25. The van der Waals surface area contributed by atoms with Crippen LogP contribution in [0.5, 0.6) is 0 Å². The fourth-order valence-electron chi connectivity index (χ4n) is 1.83. The van der Waals surface area contributed by atoms with Gasteiger partial charge in [-0.25, -0.2) is 0 Å². The highest BCUT2D eigenvalue weighted by Gasteiger charge is 2.39. The number of anilines is 2. The van der Waals surface area contributed by atoms with Crippen LogP contribution in [-0.2, 0) is 9.59 Å². The molecule has 0 unspecified atom stereocenters. The van der Waals surface area contributed by atoms with Gasteiger partial charge in [-0.15, -0.1) is 0 Å². The Balaban J connectivity index is 2.49. The van der Waals surface area contributed by atoms with Crippen molar-refractivity contribution in [1.82, 2.24) is 0 Å². The van der Waals surface area contributed by atoms with E-state index in [0.717, 1.165) is 4.90 Å². The first-order valence-corrected chi connectivity index (χ1v) is 6.37. The van der Waals surface area contributed by atoms with Crippen LogP contribution in [0.15, 0.2) is 22.7 Å². The molecule has 1 aliphatic rings. The summed E-state index contributed by atoms with van der Waals surface area (Å²) in [6.45, 7) is 0.477. The Hall–Kier alpha value is -1.50. The highest BCUT2D eigenvalue weighted by molar-refractivity contribution is 9.10. The van der Waals surface area contributed by atoms with Crippen molar-refractivity contribution in [3.8, 4) is 0 Å². The number of nitrogens with zero attached hydrogens (tertiary/aromatic N) is 1. The molecule has 0 radical (unpaired) electrons. The number of benzene rings is 1. The molecule has 4 nitrogen and oxygen atoms in total. The van der Waals surface area contributed by atoms with Gasteiger partial charge in [0.2, 0.25) is 5.91 Å². The molecule has 0 fully saturated rings. The van der Waals surface area contributed by atoms with Gasteiger partial charge in [0.15, 0.2) is 0 Å². The minimum Gasteiger partial charge on any atom is -0.324 e. The number of alkyl halides is 2. The van der Waals surface area contributed by atoms with Crippen LogP contribution < -0.4 is 10.2 Å². The maximum atomic E-state index is 13.2. The molecule has 1 aromatic carbocycles. The predicted molar refractivity (Wildman–Crippen MR) is 70.4 cm³/mol. The summed E-state index contributed by atoms with van der Waals surface area (Å²) < 4.78 is 27.1. The first kappa shape index (κ1) is 13.9. The van der Waals surface area contributed by atoms with Crippen LogP contribution in [0.4, 0.5) is 20.2 Å². The molecule has 2 rings (SSSR count). The van der Waals surface area contributed by atoms with E-state index in [9.17, 15) is 18.4 Å². The zero-order valence-electron chi connectivity index (χ0n) is 10.0. The molecule has 0 saturated carbocycles. The lowest BCUT2D eigenvalue weighted by molar-refractivity contribution is -0.140. The Kier molecular flexibility index (Phi) is 3.58. The maximum absolute atomic E-state index is 13.2. The third kappa shape index (κ3) is 2.91. The van der Waals surface area contributed by atoms with Crippen molar-refractivity contribution in [1.29, 1.82) is 0 Å². The third-order valence-corrected chi connectivity index (χ3v) is 3.20. The van der Waals surface area contributed by atoms with Crippen molar-refractivity contribution in [3.63, 3.8) is 0 Å². The molecule has 1 heterocycles. The quantitative estimate of drug-likeness (QED) is 0.859. The van der Waals surface area contributed by atoms with Gasteiger partial charge >= 0.3 is 5.92 Å². The number of halogens is 3. The molecular weight excluding hydrogens is 322 g/mol. The first-order valence-electron chi connectivity index (χ1n) is 5.58. The van der Waals surface area contributed by atoms with Gasteiger partial charge in [0.1, 0.15) is 0 Å². The Morgan fingerprint density at radius 2 is 2.16 bits per heavy atom. The minimum absolute atomic E-state index is 0.0197. The zero-order valence-corrected chi connectivity index (χ0v) is 11.6. The number of hydrogen-bond acceptors (Lipinski definition) is 2. The molecule has 7 heteroatoms. The van der Waals surface area contributed by atoms with Crippen molar-refractivity contribution in [2.45, 2.75) is 19.3 Å². The van der Waals surface area contributed by atoms with E-state index < -0.39 is 11.8 Å². The molecule has 0 bridgehead atoms. The van der Waals surface area contributed by atoms with Gasteiger partial charge in [-0.05, 0) is 18.2 Å². The van der Waals surface area contributed by atoms with Crippen molar-refractivity contribution in [3.05, 3.63) is 22.7 Å². The van der Waals surface area contributed by atoms with E-state index in [4.69, 9.17) is 0 Å². The maximum Gasteiger partial charge on any atom is 0.322 e. The minimum atomic E-state index is -3.48. The molecule has 0 saturated heterocycles. The molecule has 0 atom stereocenters. The molecule has 0 aliphatic carbocycles. The van der Waals surface area contributed by atoms with Gasteiger partial charge in [0.25, 0.3) is 5.91 Å². The molecular formula is C12H11BrF2N2O2. The molecule has 1 aliphatic heterocycles. The van der Waals surface area contributed by atoms with E-state index in [1.54, 1.807) is 12.1 Å². The number of amides is 2. The van der Waals surface area contributed by atoms with E-state index >= 15 is 0 Å². The van der Waals surface area contributed by atoms with Gasteiger partial charge < -0.3 is 10.2 Å². The highest BCUT2D eigenvalue weighted by Crippen LogP contribution is 2.33. The molecule has 102 valence electrons. The summed E-state index contributed by atoms with van der Waals surface area (Å²) in [7, 11) is 0. The van der Waals surface area contributed by atoms with Crippen LogP contribution in [0, 0.1) is 0 Å². The highest BCUT2D eigenvalue weighted by atomic mass is 79.9. The smallest absolute Gasteiger partial charge is 0.322 e. The summed E-state index contributed by atoms with van der Waals surface area (Å²) in [5.74, 6) is -5.10. The summed E-state index contributed by atoms with van der Waals surface area (Å²) in [6, 6.07) is 4.76. The topological polar surface area (TPSA) is 49.4 Å². The van der Waals surface area contributed by atoms with E-state index in [1.807, 2.05) is 0 Å². The number of rotatable bonds is 1. The van der Waals surface area contributed by atoms with Crippen molar-refractivity contribution in [2.75, 3.05) is 16.8 Å². The van der Waals surface area contributed by atoms with Gasteiger partial charge in [-0.2, -0.15) is 8.78 Å². The molecule has 1 aromatic rings. The summed E-state index contributed by atoms with van der Waals surface area (Å²) in [4.78, 5) is 24.2. The first-order chi connectivity index (χ1) is 8.79. The number of nitrogens with one attached hydrogen (secondary N) is 1. The van der Waals surface area contributed by atoms with Crippen molar-refractivity contribution >= 4 is 39.1 Å². The summed E-state index contributed by atoms with van der Waals surface area (Å²) in [5.41, 5.74) is 0.620. The van der Waals surface area contributed by atoms with Crippen molar-refractivity contribution in [2.24, 2.45) is 0 Å². The van der Waals surface area contributed by atoms with E-state index in [0.29, 0.717) is 17.1 Å².